The number of carbonyl (C=O) groups excluding carboxylic acids is 1. The van der Waals surface area contributed by atoms with Gasteiger partial charge >= 0.3 is 0 Å². The third-order valence-corrected chi connectivity index (χ3v) is 2.22. The van der Waals surface area contributed by atoms with Gasteiger partial charge in [-0.3, -0.25) is 0 Å². The van der Waals surface area contributed by atoms with Crippen LogP contribution in [0.5, 0.6) is 5.75 Å². The Balaban J connectivity index is 3.14. The topological polar surface area (TPSA) is 46.5 Å². The first-order valence-corrected chi connectivity index (χ1v) is 4.46. The molecule has 0 amide bonds. The summed E-state index contributed by atoms with van der Waals surface area (Å²) in [7, 11) is 1.57. The second-order valence-electron chi connectivity index (χ2n) is 3.15. The van der Waals surface area contributed by atoms with E-state index in [1.807, 2.05) is 0 Å². The Morgan fingerprint density at radius 3 is 2.79 bits per heavy atom. The molecule has 0 spiro atoms. The Morgan fingerprint density at radius 2 is 2.29 bits per heavy atom. The molecule has 0 aliphatic heterocycles. The first kappa shape index (κ1) is 10.7. The van der Waals surface area contributed by atoms with Crippen molar-refractivity contribution in [2.75, 3.05) is 7.11 Å². The molecule has 3 heteroatoms. The molecule has 3 nitrogen and oxygen atoms in total. The van der Waals surface area contributed by atoms with Crippen molar-refractivity contribution in [3.05, 3.63) is 29.3 Å². The number of ether oxygens (including phenoxy) is 1. The fourth-order valence-corrected chi connectivity index (χ4v) is 1.34. The summed E-state index contributed by atoms with van der Waals surface area (Å²) in [6, 6.07) is 5.32. The molecule has 0 bridgehead atoms. The van der Waals surface area contributed by atoms with Crippen molar-refractivity contribution in [2.45, 2.75) is 19.4 Å². The molecule has 1 rings (SSSR count). The highest BCUT2D eigenvalue weighted by Crippen LogP contribution is 2.23. The van der Waals surface area contributed by atoms with Gasteiger partial charge in [0.25, 0.3) is 0 Å². The average Bonchev–Trinajstić information content (AvgIpc) is 2.27. The van der Waals surface area contributed by atoms with Crippen LogP contribution < -0.4 is 4.74 Å². The molecule has 1 atom stereocenters. The molecule has 1 aromatic carbocycles. The van der Waals surface area contributed by atoms with Gasteiger partial charge < -0.3 is 14.6 Å². The van der Waals surface area contributed by atoms with Gasteiger partial charge in [0, 0.05) is 5.92 Å². The molecular weight excluding hydrogens is 180 g/mol. The second-order valence-corrected chi connectivity index (χ2v) is 3.15. The zero-order chi connectivity index (χ0) is 10.6. The lowest BCUT2D eigenvalue weighted by molar-refractivity contribution is -0.108. The van der Waals surface area contributed by atoms with E-state index in [-0.39, 0.29) is 12.5 Å². The SMILES string of the molecule is COc1ccc(CO)c(C(C)C=O)c1. The van der Waals surface area contributed by atoms with E-state index in [1.54, 1.807) is 32.2 Å². The zero-order valence-electron chi connectivity index (χ0n) is 8.36. The number of hydrogen-bond acceptors (Lipinski definition) is 3. The van der Waals surface area contributed by atoms with E-state index in [4.69, 9.17) is 9.84 Å². The molecule has 0 saturated heterocycles. The first-order valence-electron chi connectivity index (χ1n) is 4.46. The van der Waals surface area contributed by atoms with Crippen molar-refractivity contribution >= 4 is 6.29 Å². The fourth-order valence-electron chi connectivity index (χ4n) is 1.34. The van der Waals surface area contributed by atoms with Crippen molar-refractivity contribution < 1.29 is 14.6 Å². The second kappa shape index (κ2) is 4.77. The van der Waals surface area contributed by atoms with E-state index < -0.39 is 0 Å². The Bertz CT molecular complexity index is 320. The maximum absolute atomic E-state index is 10.7. The molecule has 0 fully saturated rings. The van der Waals surface area contributed by atoms with E-state index in [0.717, 1.165) is 17.4 Å². The number of aldehydes is 1. The van der Waals surface area contributed by atoms with E-state index in [2.05, 4.69) is 0 Å². The molecule has 0 aromatic heterocycles. The minimum absolute atomic E-state index is 0.0580. The average molecular weight is 194 g/mol. The van der Waals surface area contributed by atoms with E-state index >= 15 is 0 Å². The lowest BCUT2D eigenvalue weighted by Gasteiger charge is -2.11. The number of hydrogen-bond donors (Lipinski definition) is 1. The molecule has 0 aliphatic rings. The highest BCUT2D eigenvalue weighted by Gasteiger charge is 2.10. The standard InChI is InChI=1S/C11H14O3/c1-8(6-12)11-5-10(14-2)4-3-9(11)7-13/h3-6,8,13H,7H2,1-2H3. The number of aliphatic hydroxyl groups is 1. The Kier molecular flexibility index (Phi) is 3.65. The largest absolute Gasteiger partial charge is 0.497 e. The van der Waals surface area contributed by atoms with Crippen molar-refractivity contribution in [1.82, 2.24) is 0 Å². The van der Waals surface area contributed by atoms with Crippen LogP contribution >= 0.6 is 0 Å². The molecule has 1 unspecified atom stereocenters. The molecule has 0 aliphatic carbocycles. The van der Waals surface area contributed by atoms with Crippen molar-refractivity contribution in [2.24, 2.45) is 0 Å². The number of benzene rings is 1. The predicted molar refractivity (Wildman–Crippen MR) is 53.4 cm³/mol. The van der Waals surface area contributed by atoms with Gasteiger partial charge in [-0.05, 0) is 23.3 Å². The predicted octanol–water partition coefficient (Wildman–Crippen LogP) is 1.49. The third kappa shape index (κ3) is 2.12. The fraction of sp³-hybridized carbons (Fsp3) is 0.364. The van der Waals surface area contributed by atoms with Gasteiger partial charge in [0.05, 0.1) is 13.7 Å². The normalized spacial score (nSPS) is 12.2. The zero-order valence-corrected chi connectivity index (χ0v) is 8.36. The van der Waals surface area contributed by atoms with Crippen molar-refractivity contribution in [3.63, 3.8) is 0 Å². The van der Waals surface area contributed by atoms with Crippen LogP contribution in [0.2, 0.25) is 0 Å². The monoisotopic (exact) mass is 194 g/mol. The summed E-state index contributed by atoms with van der Waals surface area (Å²) in [6.45, 7) is 1.73. The van der Waals surface area contributed by atoms with Gasteiger partial charge in [-0.25, -0.2) is 0 Å². The number of carbonyl (C=O) groups is 1. The first-order chi connectivity index (χ1) is 6.72. The van der Waals surface area contributed by atoms with Gasteiger partial charge in [-0.15, -0.1) is 0 Å². The van der Waals surface area contributed by atoms with Gasteiger partial charge in [-0.1, -0.05) is 13.0 Å². The Hall–Kier alpha value is -1.35. The molecule has 0 heterocycles. The maximum Gasteiger partial charge on any atom is 0.127 e. The minimum atomic E-state index is -0.216. The maximum atomic E-state index is 10.7. The molecule has 1 N–H and O–H groups in total. The Morgan fingerprint density at radius 1 is 1.57 bits per heavy atom. The summed E-state index contributed by atoms with van der Waals surface area (Å²) < 4.78 is 5.05. The van der Waals surface area contributed by atoms with Crippen LogP contribution in [0.3, 0.4) is 0 Å². The van der Waals surface area contributed by atoms with Gasteiger partial charge in [-0.2, -0.15) is 0 Å². The van der Waals surface area contributed by atoms with Crippen LogP contribution in [0.4, 0.5) is 0 Å². The Labute approximate surface area is 83.3 Å². The molecule has 14 heavy (non-hydrogen) atoms. The summed E-state index contributed by atoms with van der Waals surface area (Å²) in [5.74, 6) is 0.484. The lowest BCUT2D eigenvalue weighted by atomic mass is 9.97. The van der Waals surface area contributed by atoms with Crippen LogP contribution in [0, 0.1) is 0 Å². The minimum Gasteiger partial charge on any atom is -0.497 e. The molecule has 76 valence electrons. The summed E-state index contributed by atoms with van der Waals surface area (Å²) in [4.78, 5) is 10.7. The molecular formula is C11H14O3. The van der Waals surface area contributed by atoms with Crippen LogP contribution in [-0.2, 0) is 11.4 Å². The van der Waals surface area contributed by atoms with Crippen molar-refractivity contribution in [1.29, 1.82) is 0 Å². The van der Waals surface area contributed by atoms with Crippen LogP contribution in [0.1, 0.15) is 24.0 Å². The highest BCUT2D eigenvalue weighted by molar-refractivity contribution is 5.63. The van der Waals surface area contributed by atoms with Gasteiger partial charge in [0.15, 0.2) is 0 Å². The van der Waals surface area contributed by atoms with Crippen LogP contribution in [0.15, 0.2) is 18.2 Å². The molecule has 0 saturated carbocycles. The number of rotatable bonds is 4. The summed E-state index contributed by atoms with van der Waals surface area (Å²) in [6.07, 6.45) is 0.855. The third-order valence-electron chi connectivity index (χ3n) is 2.22. The van der Waals surface area contributed by atoms with Gasteiger partial charge in [0.1, 0.15) is 12.0 Å². The quantitative estimate of drug-likeness (QED) is 0.739. The molecule has 0 radical (unpaired) electrons. The molecule has 1 aromatic rings. The smallest absolute Gasteiger partial charge is 0.127 e. The van der Waals surface area contributed by atoms with Gasteiger partial charge in [0.2, 0.25) is 0 Å². The van der Waals surface area contributed by atoms with E-state index in [9.17, 15) is 4.79 Å². The van der Waals surface area contributed by atoms with E-state index in [0.29, 0.717) is 5.75 Å². The number of aliphatic hydroxyl groups excluding tert-OH is 1. The summed E-state index contributed by atoms with van der Waals surface area (Å²) in [5, 5.41) is 9.07. The van der Waals surface area contributed by atoms with Crippen molar-refractivity contribution in [3.8, 4) is 5.75 Å². The number of methoxy groups -OCH3 is 1. The lowest BCUT2D eigenvalue weighted by Crippen LogP contribution is -2.01. The highest BCUT2D eigenvalue weighted by atomic mass is 16.5. The van der Waals surface area contributed by atoms with E-state index in [1.165, 1.54) is 0 Å². The summed E-state index contributed by atoms with van der Waals surface area (Å²) in [5.41, 5.74) is 1.59. The summed E-state index contributed by atoms with van der Waals surface area (Å²) >= 11 is 0. The van der Waals surface area contributed by atoms with Crippen LogP contribution in [0.25, 0.3) is 0 Å². The van der Waals surface area contributed by atoms with Crippen LogP contribution in [-0.4, -0.2) is 18.5 Å².